The Hall–Kier alpha value is -1.40. The fourth-order valence-corrected chi connectivity index (χ4v) is 3.18. The van der Waals surface area contributed by atoms with Crippen molar-refractivity contribution in [3.05, 3.63) is 17.5 Å². The standard InChI is InChI=1S/C15H20N2O4/c18-14(12-9-13(21-16-12)11-1-2-11)17-5-8-20-15(10-17)3-6-19-7-4-15/h9,11H,1-8,10H2. The maximum Gasteiger partial charge on any atom is 0.276 e. The third-order valence-corrected chi connectivity index (χ3v) is 4.67. The summed E-state index contributed by atoms with van der Waals surface area (Å²) in [6.45, 7) is 3.24. The Morgan fingerprint density at radius 3 is 2.86 bits per heavy atom. The highest BCUT2D eigenvalue weighted by atomic mass is 16.5. The Labute approximate surface area is 123 Å². The lowest BCUT2D eigenvalue weighted by Gasteiger charge is -2.44. The number of morpholine rings is 1. The van der Waals surface area contributed by atoms with E-state index in [1.165, 1.54) is 0 Å². The van der Waals surface area contributed by atoms with Gasteiger partial charge in [0.2, 0.25) is 0 Å². The second-order valence-corrected chi connectivity index (χ2v) is 6.26. The van der Waals surface area contributed by atoms with Gasteiger partial charge in [-0.2, -0.15) is 0 Å². The largest absolute Gasteiger partial charge is 0.381 e. The van der Waals surface area contributed by atoms with Gasteiger partial charge in [0.15, 0.2) is 5.69 Å². The normalized spacial score (nSPS) is 25.2. The number of hydrogen-bond acceptors (Lipinski definition) is 5. The molecule has 0 atom stereocenters. The van der Waals surface area contributed by atoms with Crippen LogP contribution in [0.2, 0.25) is 0 Å². The van der Waals surface area contributed by atoms with Crippen molar-refractivity contribution < 1.29 is 18.8 Å². The summed E-state index contributed by atoms with van der Waals surface area (Å²) in [7, 11) is 0. The molecular formula is C15H20N2O4. The molecular weight excluding hydrogens is 272 g/mol. The van der Waals surface area contributed by atoms with Gasteiger partial charge in [-0.3, -0.25) is 4.79 Å². The SMILES string of the molecule is O=C(c1cc(C2CC2)on1)N1CCOC2(CCOCC2)C1. The van der Waals surface area contributed by atoms with Crippen molar-refractivity contribution in [2.45, 2.75) is 37.2 Å². The van der Waals surface area contributed by atoms with Gasteiger partial charge in [0.1, 0.15) is 5.76 Å². The summed E-state index contributed by atoms with van der Waals surface area (Å²) < 4.78 is 16.7. The maximum atomic E-state index is 12.6. The number of carbonyl (C=O) groups is 1. The summed E-state index contributed by atoms with van der Waals surface area (Å²) in [5.41, 5.74) is 0.205. The van der Waals surface area contributed by atoms with Crippen molar-refractivity contribution >= 4 is 5.91 Å². The minimum Gasteiger partial charge on any atom is -0.381 e. The van der Waals surface area contributed by atoms with E-state index in [0.717, 1.165) is 31.4 Å². The van der Waals surface area contributed by atoms with Crippen molar-refractivity contribution in [1.82, 2.24) is 10.1 Å². The zero-order valence-corrected chi connectivity index (χ0v) is 12.0. The van der Waals surface area contributed by atoms with Gasteiger partial charge < -0.3 is 18.9 Å². The molecule has 21 heavy (non-hydrogen) atoms. The van der Waals surface area contributed by atoms with E-state index in [4.69, 9.17) is 14.0 Å². The number of carbonyl (C=O) groups excluding carboxylic acids is 1. The number of ether oxygens (including phenoxy) is 2. The van der Waals surface area contributed by atoms with Crippen molar-refractivity contribution in [3.8, 4) is 0 Å². The Morgan fingerprint density at radius 1 is 1.29 bits per heavy atom. The van der Waals surface area contributed by atoms with E-state index in [2.05, 4.69) is 5.16 Å². The minimum atomic E-state index is -0.227. The van der Waals surface area contributed by atoms with Gasteiger partial charge in [0, 0.05) is 44.6 Å². The van der Waals surface area contributed by atoms with Crippen LogP contribution in [0.3, 0.4) is 0 Å². The van der Waals surface area contributed by atoms with Gasteiger partial charge in [0.25, 0.3) is 5.91 Å². The van der Waals surface area contributed by atoms with E-state index in [1.807, 2.05) is 11.0 Å². The van der Waals surface area contributed by atoms with Crippen LogP contribution in [0.1, 0.15) is 47.8 Å². The average molecular weight is 292 g/mol. The molecule has 1 amide bonds. The molecule has 0 unspecified atom stereocenters. The van der Waals surface area contributed by atoms with E-state index in [-0.39, 0.29) is 11.5 Å². The van der Waals surface area contributed by atoms with Crippen molar-refractivity contribution in [3.63, 3.8) is 0 Å². The van der Waals surface area contributed by atoms with Gasteiger partial charge in [-0.1, -0.05) is 5.16 Å². The molecule has 0 N–H and O–H groups in total. The van der Waals surface area contributed by atoms with Crippen LogP contribution in [0.25, 0.3) is 0 Å². The molecule has 6 nitrogen and oxygen atoms in total. The number of rotatable bonds is 2. The lowest BCUT2D eigenvalue weighted by Crippen LogP contribution is -2.55. The molecule has 6 heteroatoms. The highest BCUT2D eigenvalue weighted by Gasteiger charge is 2.40. The molecule has 2 saturated heterocycles. The second-order valence-electron chi connectivity index (χ2n) is 6.26. The first-order chi connectivity index (χ1) is 10.3. The zero-order chi connectivity index (χ0) is 14.3. The van der Waals surface area contributed by atoms with Crippen molar-refractivity contribution in [2.24, 2.45) is 0 Å². The fraction of sp³-hybridized carbons (Fsp3) is 0.733. The molecule has 0 bridgehead atoms. The van der Waals surface area contributed by atoms with Crippen LogP contribution in [0, 0.1) is 0 Å². The van der Waals surface area contributed by atoms with E-state index in [1.54, 1.807) is 0 Å². The summed E-state index contributed by atoms with van der Waals surface area (Å²) in [4.78, 5) is 14.4. The van der Waals surface area contributed by atoms with Gasteiger partial charge >= 0.3 is 0 Å². The molecule has 0 aromatic carbocycles. The van der Waals surface area contributed by atoms with E-state index in [9.17, 15) is 4.79 Å². The van der Waals surface area contributed by atoms with Crippen LogP contribution in [0.15, 0.2) is 10.6 Å². The average Bonchev–Trinajstić information content (AvgIpc) is 3.25. The molecule has 3 fully saturated rings. The van der Waals surface area contributed by atoms with Gasteiger partial charge in [-0.25, -0.2) is 0 Å². The molecule has 2 aliphatic heterocycles. The lowest BCUT2D eigenvalue weighted by molar-refractivity contribution is -0.146. The summed E-state index contributed by atoms with van der Waals surface area (Å²) in [6.07, 6.45) is 3.98. The first-order valence-electron chi connectivity index (χ1n) is 7.73. The first-order valence-corrected chi connectivity index (χ1v) is 7.73. The van der Waals surface area contributed by atoms with Crippen molar-refractivity contribution in [1.29, 1.82) is 0 Å². The van der Waals surface area contributed by atoms with Crippen LogP contribution < -0.4 is 0 Å². The molecule has 1 aromatic rings. The van der Waals surface area contributed by atoms with E-state index in [0.29, 0.717) is 44.5 Å². The summed E-state index contributed by atoms with van der Waals surface area (Å²) in [5, 5.41) is 3.95. The molecule has 1 aromatic heterocycles. The lowest BCUT2D eigenvalue weighted by atomic mass is 9.92. The van der Waals surface area contributed by atoms with Crippen LogP contribution in [0.4, 0.5) is 0 Å². The summed E-state index contributed by atoms with van der Waals surface area (Å²) in [6, 6.07) is 1.81. The quantitative estimate of drug-likeness (QED) is 0.828. The summed E-state index contributed by atoms with van der Waals surface area (Å²) in [5.74, 6) is 1.29. The highest BCUT2D eigenvalue weighted by Crippen LogP contribution is 2.40. The monoisotopic (exact) mass is 292 g/mol. The van der Waals surface area contributed by atoms with E-state index >= 15 is 0 Å². The third-order valence-electron chi connectivity index (χ3n) is 4.67. The number of nitrogens with zero attached hydrogens (tertiary/aromatic N) is 2. The van der Waals surface area contributed by atoms with Crippen LogP contribution in [-0.4, -0.2) is 54.5 Å². The number of aromatic nitrogens is 1. The molecule has 114 valence electrons. The molecule has 0 radical (unpaired) electrons. The predicted octanol–water partition coefficient (Wildman–Crippen LogP) is 1.57. The van der Waals surface area contributed by atoms with Gasteiger partial charge in [0.05, 0.1) is 18.8 Å². The fourth-order valence-electron chi connectivity index (χ4n) is 3.18. The Balaban J connectivity index is 1.47. The van der Waals surface area contributed by atoms with Gasteiger partial charge in [-0.15, -0.1) is 0 Å². The number of hydrogen-bond donors (Lipinski definition) is 0. The van der Waals surface area contributed by atoms with Crippen LogP contribution in [-0.2, 0) is 9.47 Å². The Morgan fingerprint density at radius 2 is 2.10 bits per heavy atom. The minimum absolute atomic E-state index is 0.0418. The highest BCUT2D eigenvalue weighted by molar-refractivity contribution is 5.92. The van der Waals surface area contributed by atoms with E-state index < -0.39 is 0 Å². The van der Waals surface area contributed by atoms with Crippen LogP contribution in [0.5, 0.6) is 0 Å². The maximum absolute atomic E-state index is 12.6. The molecule has 1 spiro atoms. The Kier molecular flexibility index (Phi) is 3.23. The van der Waals surface area contributed by atoms with Crippen LogP contribution >= 0.6 is 0 Å². The summed E-state index contributed by atoms with van der Waals surface area (Å²) >= 11 is 0. The third kappa shape index (κ3) is 2.58. The molecule has 3 heterocycles. The smallest absolute Gasteiger partial charge is 0.276 e. The predicted molar refractivity (Wildman–Crippen MR) is 73.1 cm³/mol. The van der Waals surface area contributed by atoms with Crippen molar-refractivity contribution in [2.75, 3.05) is 32.9 Å². The zero-order valence-electron chi connectivity index (χ0n) is 12.0. The molecule has 4 rings (SSSR count). The topological polar surface area (TPSA) is 64.8 Å². The Bertz CT molecular complexity index is 526. The molecule has 1 aliphatic carbocycles. The molecule has 3 aliphatic rings. The molecule has 1 saturated carbocycles. The second kappa shape index (κ2) is 5.10. The number of amides is 1. The first kappa shape index (κ1) is 13.3. The van der Waals surface area contributed by atoms with Gasteiger partial charge in [-0.05, 0) is 12.8 Å².